The van der Waals surface area contributed by atoms with E-state index in [1.54, 1.807) is 4.40 Å². The Balaban J connectivity index is 1.75. The minimum Gasteiger partial charge on any atom is -0.493 e. The number of benzene rings is 2. The normalized spacial score (nSPS) is 10.7. The van der Waals surface area contributed by atoms with Crippen molar-refractivity contribution < 1.29 is 14.5 Å². The number of fused-ring (bicyclic) bond motifs is 3. The standard InChI is InChI=1S/C21H16N6O4/c1-2-9-31-18-8-7-14(27(29)30)10-15(18)20(28)24-19-13(11-22)12-26-17-6-4-3-5-16(17)23-21(26)25-19/h3-8,10,12H,2,9H2,1H3,(H,23,24,25,28). The van der Waals surface area contributed by atoms with Gasteiger partial charge in [0.05, 0.1) is 28.1 Å². The van der Waals surface area contributed by atoms with Crippen LogP contribution in [-0.2, 0) is 0 Å². The van der Waals surface area contributed by atoms with Gasteiger partial charge in [0.1, 0.15) is 17.4 Å². The monoisotopic (exact) mass is 416 g/mol. The topological polar surface area (TPSA) is 135 Å². The van der Waals surface area contributed by atoms with Gasteiger partial charge < -0.3 is 10.1 Å². The lowest BCUT2D eigenvalue weighted by atomic mass is 10.1. The van der Waals surface area contributed by atoms with Gasteiger partial charge >= 0.3 is 0 Å². The molecule has 2 aromatic heterocycles. The van der Waals surface area contributed by atoms with Gasteiger partial charge in [-0.2, -0.15) is 10.2 Å². The van der Waals surface area contributed by atoms with E-state index < -0.39 is 10.8 Å². The summed E-state index contributed by atoms with van der Waals surface area (Å²) in [4.78, 5) is 32.2. The van der Waals surface area contributed by atoms with Crippen LogP contribution in [-0.4, -0.2) is 31.8 Å². The summed E-state index contributed by atoms with van der Waals surface area (Å²) in [6.45, 7) is 2.24. The van der Waals surface area contributed by atoms with Gasteiger partial charge in [-0.25, -0.2) is 4.98 Å². The van der Waals surface area contributed by atoms with E-state index in [0.29, 0.717) is 24.3 Å². The molecule has 0 aliphatic heterocycles. The zero-order chi connectivity index (χ0) is 22.0. The highest BCUT2D eigenvalue weighted by atomic mass is 16.6. The quantitative estimate of drug-likeness (QED) is 0.374. The lowest BCUT2D eigenvalue weighted by Crippen LogP contribution is -2.16. The molecular weight excluding hydrogens is 400 g/mol. The summed E-state index contributed by atoms with van der Waals surface area (Å²) in [6.07, 6.45) is 2.23. The number of para-hydroxylation sites is 2. The second-order valence-electron chi connectivity index (χ2n) is 6.63. The maximum atomic E-state index is 13.0. The predicted molar refractivity (Wildman–Crippen MR) is 112 cm³/mol. The van der Waals surface area contributed by atoms with Crippen molar-refractivity contribution in [2.75, 3.05) is 11.9 Å². The summed E-state index contributed by atoms with van der Waals surface area (Å²) in [5, 5.41) is 23.3. The highest BCUT2D eigenvalue weighted by molar-refractivity contribution is 6.06. The van der Waals surface area contributed by atoms with E-state index >= 15 is 0 Å². The number of nitriles is 1. The van der Waals surface area contributed by atoms with Crippen LogP contribution in [0.4, 0.5) is 11.5 Å². The van der Waals surface area contributed by atoms with Gasteiger partial charge in [-0.3, -0.25) is 19.3 Å². The van der Waals surface area contributed by atoms with Gasteiger partial charge in [0.2, 0.25) is 5.78 Å². The van der Waals surface area contributed by atoms with Crippen LogP contribution in [0.2, 0.25) is 0 Å². The van der Waals surface area contributed by atoms with Crippen LogP contribution in [0, 0.1) is 21.4 Å². The molecule has 0 saturated carbocycles. The van der Waals surface area contributed by atoms with Crippen molar-refractivity contribution in [2.24, 2.45) is 0 Å². The van der Waals surface area contributed by atoms with Crippen molar-refractivity contribution in [3.8, 4) is 11.8 Å². The zero-order valence-electron chi connectivity index (χ0n) is 16.4. The van der Waals surface area contributed by atoms with Gasteiger partial charge in [0, 0.05) is 18.3 Å². The molecule has 0 unspecified atom stereocenters. The molecule has 0 spiro atoms. The van der Waals surface area contributed by atoms with E-state index in [1.807, 2.05) is 37.3 Å². The molecule has 0 aliphatic carbocycles. The number of amides is 1. The molecule has 2 aromatic carbocycles. The number of nitro benzene ring substituents is 1. The molecule has 10 nitrogen and oxygen atoms in total. The number of hydrogen-bond acceptors (Lipinski definition) is 7. The smallest absolute Gasteiger partial charge is 0.270 e. The Morgan fingerprint density at radius 3 is 2.84 bits per heavy atom. The molecule has 0 bridgehead atoms. The average molecular weight is 416 g/mol. The maximum absolute atomic E-state index is 13.0. The maximum Gasteiger partial charge on any atom is 0.270 e. The third-order valence-corrected chi connectivity index (χ3v) is 4.53. The molecule has 4 aromatic rings. The fourth-order valence-corrected chi connectivity index (χ4v) is 3.09. The van der Waals surface area contributed by atoms with E-state index in [1.165, 1.54) is 18.3 Å². The molecule has 4 rings (SSSR count). The second kappa shape index (κ2) is 8.08. The van der Waals surface area contributed by atoms with E-state index in [0.717, 1.165) is 11.6 Å². The van der Waals surface area contributed by atoms with Crippen LogP contribution in [0.3, 0.4) is 0 Å². The number of imidazole rings is 1. The number of nitrogens with one attached hydrogen (secondary N) is 1. The molecule has 154 valence electrons. The van der Waals surface area contributed by atoms with Crippen molar-refractivity contribution in [1.29, 1.82) is 5.26 Å². The summed E-state index contributed by atoms with van der Waals surface area (Å²) in [7, 11) is 0. The number of nitrogens with zero attached hydrogens (tertiary/aromatic N) is 5. The number of ether oxygens (including phenoxy) is 1. The number of rotatable bonds is 6. The molecule has 1 N–H and O–H groups in total. The predicted octanol–water partition coefficient (Wildman–Crippen LogP) is 3.70. The van der Waals surface area contributed by atoms with Crippen LogP contribution < -0.4 is 10.1 Å². The first kappa shape index (κ1) is 19.8. The largest absolute Gasteiger partial charge is 0.493 e. The van der Waals surface area contributed by atoms with Gasteiger partial charge in [0.25, 0.3) is 11.6 Å². The molecule has 31 heavy (non-hydrogen) atoms. The second-order valence-corrected chi connectivity index (χ2v) is 6.63. The van der Waals surface area contributed by atoms with E-state index in [-0.39, 0.29) is 28.4 Å². The highest BCUT2D eigenvalue weighted by Crippen LogP contribution is 2.26. The molecule has 1 amide bonds. The Labute approximate surface area is 175 Å². The van der Waals surface area contributed by atoms with E-state index in [9.17, 15) is 20.2 Å². The van der Waals surface area contributed by atoms with Gasteiger partial charge in [-0.15, -0.1) is 0 Å². The Bertz CT molecular complexity index is 1370. The highest BCUT2D eigenvalue weighted by Gasteiger charge is 2.20. The molecule has 0 saturated heterocycles. The number of carbonyl (C=O) groups excluding carboxylic acids is 1. The first-order valence-electron chi connectivity index (χ1n) is 9.42. The number of carbonyl (C=O) groups is 1. The Morgan fingerprint density at radius 2 is 2.10 bits per heavy atom. The summed E-state index contributed by atoms with van der Waals surface area (Å²) in [5.74, 6) is -0.171. The fourth-order valence-electron chi connectivity index (χ4n) is 3.09. The lowest BCUT2D eigenvalue weighted by molar-refractivity contribution is -0.384. The number of anilines is 1. The van der Waals surface area contributed by atoms with Crippen LogP contribution in [0.15, 0.2) is 48.7 Å². The van der Waals surface area contributed by atoms with Gasteiger partial charge in [-0.1, -0.05) is 19.1 Å². The lowest BCUT2D eigenvalue weighted by Gasteiger charge is -2.11. The SMILES string of the molecule is CCCOc1ccc([N+](=O)[O-])cc1C(=O)Nc1nc2nc3ccccc3n2cc1C#N. The third-order valence-electron chi connectivity index (χ3n) is 4.53. The van der Waals surface area contributed by atoms with E-state index in [4.69, 9.17) is 4.74 Å². The Morgan fingerprint density at radius 1 is 1.29 bits per heavy atom. The van der Waals surface area contributed by atoms with Crippen molar-refractivity contribution in [1.82, 2.24) is 14.4 Å². The Kier molecular flexibility index (Phi) is 5.15. The minimum absolute atomic E-state index is 0.00301. The first-order valence-corrected chi connectivity index (χ1v) is 9.42. The van der Waals surface area contributed by atoms with Crippen molar-refractivity contribution in [3.63, 3.8) is 0 Å². The molecule has 0 atom stereocenters. The van der Waals surface area contributed by atoms with Gasteiger partial charge in [0.15, 0.2) is 5.82 Å². The number of aromatic nitrogens is 3. The number of nitro groups is 1. The number of non-ortho nitro benzene ring substituents is 1. The van der Waals surface area contributed by atoms with Gasteiger partial charge in [-0.05, 0) is 24.6 Å². The summed E-state index contributed by atoms with van der Waals surface area (Å²) in [6, 6.07) is 13.1. The molecule has 0 aliphatic rings. The van der Waals surface area contributed by atoms with Crippen LogP contribution >= 0.6 is 0 Å². The molecule has 2 heterocycles. The number of hydrogen-bond donors (Lipinski definition) is 1. The Hall–Kier alpha value is -4.52. The van der Waals surface area contributed by atoms with Crippen LogP contribution in [0.25, 0.3) is 16.8 Å². The van der Waals surface area contributed by atoms with Crippen LogP contribution in [0.1, 0.15) is 29.3 Å². The average Bonchev–Trinajstić information content (AvgIpc) is 3.14. The van der Waals surface area contributed by atoms with E-state index in [2.05, 4.69) is 15.3 Å². The fraction of sp³-hybridized carbons (Fsp3) is 0.143. The summed E-state index contributed by atoms with van der Waals surface area (Å²) < 4.78 is 7.22. The zero-order valence-corrected chi connectivity index (χ0v) is 16.4. The molecule has 0 radical (unpaired) electrons. The summed E-state index contributed by atoms with van der Waals surface area (Å²) >= 11 is 0. The van der Waals surface area contributed by atoms with Crippen molar-refractivity contribution in [2.45, 2.75) is 13.3 Å². The summed E-state index contributed by atoms with van der Waals surface area (Å²) in [5.41, 5.74) is 1.30. The first-order chi connectivity index (χ1) is 15.0. The third kappa shape index (κ3) is 3.72. The minimum atomic E-state index is -0.681. The molecular formula is C21H16N6O4. The van der Waals surface area contributed by atoms with Crippen molar-refractivity contribution in [3.05, 3.63) is 69.9 Å². The van der Waals surface area contributed by atoms with Crippen molar-refractivity contribution >= 4 is 34.2 Å². The van der Waals surface area contributed by atoms with Crippen LogP contribution in [0.5, 0.6) is 5.75 Å². The molecule has 10 heteroatoms. The molecule has 0 fully saturated rings.